The Kier molecular flexibility index (Phi) is 4.97. The summed E-state index contributed by atoms with van der Waals surface area (Å²) in [5.74, 6) is 0.308. The van der Waals surface area contributed by atoms with Crippen molar-refractivity contribution in [2.45, 2.75) is 46.6 Å². The number of carbonyl (C=O) groups excluding carboxylic acids is 2. The van der Waals surface area contributed by atoms with E-state index in [9.17, 15) is 9.59 Å². The van der Waals surface area contributed by atoms with Gasteiger partial charge < -0.3 is 10.2 Å². The van der Waals surface area contributed by atoms with Crippen LogP contribution in [0.3, 0.4) is 0 Å². The Morgan fingerprint density at radius 3 is 2.35 bits per heavy atom. The van der Waals surface area contributed by atoms with Crippen molar-refractivity contribution in [3.8, 4) is 0 Å². The van der Waals surface area contributed by atoms with Crippen molar-refractivity contribution in [2.24, 2.45) is 11.8 Å². The van der Waals surface area contributed by atoms with E-state index in [4.69, 9.17) is 0 Å². The van der Waals surface area contributed by atoms with Gasteiger partial charge in [-0.2, -0.15) is 0 Å². The summed E-state index contributed by atoms with van der Waals surface area (Å²) >= 11 is 0. The quantitative estimate of drug-likeness (QED) is 0.810. The van der Waals surface area contributed by atoms with Crippen molar-refractivity contribution in [1.82, 2.24) is 10.2 Å². The minimum absolute atomic E-state index is 0.00572. The van der Waals surface area contributed by atoms with Gasteiger partial charge in [-0.05, 0) is 12.8 Å². The van der Waals surface area contributed by atoms with Crippen LogP contribution in [0.1, 0.15) is 40.5 Å². The second-order valence-corrected chi connectivity index (χ2v) is 5.44. The van der Waals surface area contributed by atoms with E-state index in [0.29, 0.717) is 6.54 Å². The number of nitrogens with zero attached hydrogens (tertiary/aromatic N) is 1. The first-order chi connectivity index (χ1) is 7.91. The van der Waals surface area contributed by atoms with E-state index < -0.39 is 0 Å². The lowest BCUT2D eigenvalue weighted by atomic mass is 10.0. The van der Waals surface area contributed by atoms with Crippen LogP contribution >= 0.6 is 0 Å². The molecule has 1 aliphatic rings. The van der Waals surface area contributed by atoms with Crippen LogP contribution in [0.25, 0.3) is 0 Å². The minimum Gasteiger partial charge on any atom is -0.351 e. The number of hydrogen-bond donors (Lipinski definition) is 1. The fraction of sp³-hybridized carbons (Fsp3) is 0.846. The molecule has 1 N–H and O–H groups in total. The zero-order valence-corrected chi connectivity index (χ0v) is 11.3. The van der Waals surface area contributed by atoms with Crippen molar-refractivity contribution in [3.05, 3.63) is 0 Å². The predicted molar refractivity (Wildman–Crippen MR) is 67.4 cm³/mol. The van der Waals surface area contributed by atoms with Crippen molar-refractivity contribution in [2.75, 3.05) is 13.1 Å². The Bertz CT molecular complexity index is 287. The highest BCUT2D eigenvalue weighted by molar-refractivity contribution is 5.79. The summed E-state index contributed by atoms with van der Waals surface area (Å²) in [6.07, 6.45) is 1.95. The summed E-state index contributed by atoms with van der Waals surface area (Å²) in [6.45, 7) is 9.09. The third-order valence-corrected chi connectivity index (χ3v) is 3.10. The van der Waals surface area contributed by atoms with E-state index in [2.05, 4.69) is 5.32 Å². The number of likely N-dealkylation sites (tertiary alicyclic amines) is 1. The number of amides is 2. The molecule has 0 radical (unpaired) electrons. The maximum Gasteiger partial charge on any atom is 0.225 e. The lowest BCUT2D eigenvalue weighted by Crippen LogP contribution is -2.51. The standard InChI is InChI=1S/C13H24N2O2/c1-9(2)12(16)14-11-6-5-7-15(8-11)13(17)10(3)4/h9-11H,5-8H2,1-4H3,(H,14,16). The van der Waals surface area contributed by atoms with Gasteiger partial charge in [-0.3, -0.25) is 9.59 Å². The van der Waals surface area contributed by atoms with E-state index in [1.165, 1.54) is 0 Å². The number of nitrogens with one attached hydrogen (secondary N) is 1. The first-order valence-corrected chi connectivity index (χ1v) is 6.51. The SMILES string of the molecule is CC(C)C(=O)NC1CCCN(C(=O)C(C)C)C1. The lowest BCUT2D eigenvalue weighted by Gasteiger charge is -2.34. The van der Waals surface area contributed by atoms with Gasteiger partial charge in [0.2, 0.25) is 11.8 Å². The van der Waals surface area contributed by atoms with E-state index in [1.807, 2.05) is 32.6 Å². The molecule has 1 unspecified atom stereocenters. The highest BCUT2D eigenvalue weighted by Gasteiger charge is 2.26. The second kappa shape index (κ2) is 6.03. The van der Waals surface area contributed by atoms with Crippen molar-refractivity contribution < 1.29 is 9.59 Å². The fourth-order valence-corrected chi connectivity index (χ4v) is 2.03. The van der Waals surface area contributed by atoms with Gasteiger partial charge in [-0.1, -0.05) is 27.7 Å². The van der Waals surface area contributed by atoms with Crippen LogP contribution in [0.2, 0.25) is 0 Å². The van der Waals surface area contributed by atoms with Crippen LogP contribution in [0, 0.1) is 11.8 Å². The van der Waals surface area contributed by atoms with Crippen LogP contribution in [0.5, 0.6) is 0 Å². The third-order valence-electron chi connectivity index (χ3n) is 3.10. The Morgan fingerprint density at radius 1 is 1.18 bits per heavy atom. The maximum absolute atomic E-state index is 11.9. The molecular formula is C13H24N2O2. The highest BCUT2D eigenvalue weighted by Crippen LogP contribution is 2.13. The first kappa shape index (κ1) is 14.0. The van der Waals surface area contributed by atoms with Crippen molar-refractivity contribution >= 4 is 11.8 Å². The Hall–Kier alpha value is -1.06. The smallest absolute Gasteiger partial charge is 0.225 e. The summed E-state index contributed by atoms with van der Waals surface area (Å²) in [7, 11) is 0. The summed E-state index contributed by atoms with van der Waals surface area (Å²) < 4.78 is 0. The average molecular weight is 240 g/mol. The summed E-state index contributed by atoms with van der Waals surface area (Å²) in [5, 5.41) is 3.01. The molecule has 17 heavy (non-hydrogen) atoms. The van der Waals surface area contributed by atoms with Gasteiger partial charge in [-0.15, -0.1) is 0 Å². The predicted octanol–water partition coefficient (Wildman–Crippen LogP) is 1.41. The molecular weight excluding hydrogens is 216 g/mol. The van der Waals surface area contributed by atoms with Crippen LogP contribution in [0.4, 0.5) is 0 Å². The van der Waals surface area contributed by atoms with Crippen molar-refractivity contribution in [1.29, 1.82) is 0 Å². The normalized spacial score (nSPS) is 20.8. The molecule has 0 spiro atoms. The van der Waals surface area contributed by atoms with E-state index >= 15 is 0 Å². The molecule has 1 heterocycles. The summed E-state index contributed by atoms with van der Waals surface area (Å²) in [4.78, 5) is 25.4. The molecule has 4 nitrogen and oxygen atoms in total. The lowest BCUT2D eigenvalue weighted by molar-refractivity contribution is -0.136. The van der Waals surface area contributed by atoms with Gasteiger partial charge in [0.25, 0.3) is 0 Å². The Morgan fingerprint density at radius 2 is 1.82 bits per heavy atom. The van der Waals surface area contributed by atoms with Gasteiger partial charge in [0.1, 0.15) is 0 Å². The topological polar surface area (TPSA) is 49.4 Å². The van der Waals surface area contributed by atoms with E-state index in [-0.39, 0.29) is 29.7 Å². The average Bonchev–Trinajstić information content (AvgIpc) is 2.28. The van der Waals surface area contributed by atoms with E-state index in [1.54, 1.807) is 0 Å². The monoisotopic (exact) mass is 240 g/mol. The molecule has 1 atom stereocenters. The molecule has 0 aromatic carbocycles. The number of carbonyl (C=O) groups is 2. The minimum atomic E-state index is 0.00572. The molecule has 1 saturated heterocycles. The van der Waals surface area contributed by atoms with Crippen LogP contribution in [-0.4, -0.2) is 35.8 Å². The van der Waals surface area contributed by atoms with Crippen molar-refractivity contribution in [3.63, 3.8) is 0 Å². The second-order valence-electron chi connectivity index (χ2n) is 5.44. The van der Waals surface area contributed by atoms with Crippen LogP contribution in [-0.2, 0) is 9.59 Å². The molecule has 0 aliphatic carbocycles. The first-order valence-electron chi connectivity index (χ1n) is 6.51. The molecule has 4 heteroatoms. The third kappa shape index (κ3) is 4.02. The molecule has 0 saturated carbocycles. The summed E-state index contributed by atoms with van der Waals surface area (Å²) in [5.41, 5.74) is 0. The summed E-state index contributed by atoms with van der Waals surface area (Å²) in [6, 6.07) is 0.126. The number of hydrogen-bond acceptors (Lipinski definition) is 2. The van der Waals surface area contributed by atoms with Gasteiger partial charge in [-0.25, -0.2) is 0 Å². The van der Waals surface area contributed by atoms with Crippen LogP contribution in [0.15, 0.2) is 0 Å². The molecule has 0 bridgehead atoms. The molecule has 2 amide bonds. The van der Waals surface area contributed by atoms with Gasteiger partial charge in [0, 0.05) is 31.0 Å². The zero-order valence-electron chi connectivity index (χ0n) is 11.3. The number of rotatable bonds is 3. The largest absolute Gasteiger partial charge is 0.351 e. The molecule has 0 aromatic rings. The molecule has 0 aromatic heterocycles. The van der Waals surface area contributed by atoms with E-state index in [0.717, 1.165) is 19.4 Å². The van der Waals surface area contributed by atoms with Gasteiger partial charge in [0.15, 0.2) is 0 Å². The Balaban J connectivity index is 2.49. The van der Waals surface area contributed by atoms with Crippen LogP contribution < -0.4 is 5.32 Å². The van der Waals surface area contributed by atoms with Gasteiger partial charge >= 0.3 is 0 Å². The zero-order chi connectivity index (χ0) is 13.0. The Labute approximate surface area is 104 Å². The fourth-order valence-electron chi connectivity index (χ4n) is 2.03. The highest BCUT2D eigenvalue weighted by atomic mass is 16.2. The maximum atomic E-state index is 11.9. The molecule has 1 rings (SSSR count). The molecule has 98 valence electrons. The number of piperidine rings is 1. The van der Waals surface area contributed by atoms with Gasteiger partial charge in [0.05, 0.1) is 0 Å². The molecule has 1 fully saturated rings. The molecule has 1 aliphatic heterocycles.